The average Bonchev–Trinajstić information content (AvgIpc) is 3.12. The zero-order valence-corrected chi connectivity index (χ0v) is 16.9. The van der Waals surface area contributed by atoms with Crippen LogP contribution in [0.5, 0.6) is 5.75 Å². The second-order valence-electron chi connectivity index (χ2n) is 7.66. The molecule has 11 heteroatoms. The number of carbonyl (C=O) groups excluding carboxylic acids is 1. The summed E-state index contributed by atoms with van der Waals surface area (Å²) in [5.74, 6) is -2.76. The van der Waals surface area contributed by atoms with Gasteiger partial charge in [0.1, 0.15) is 29.1 Å². The minimum atomic E-state index is -3.01. The summed E-state index contributed by atoms with van der Waals surface area (Å²) >= 11 is 0. The fraction of sp³-hybridized carbons (Fsp3) is 0.286. The molecule has 2 unspecified atom stereocenters. The lowest BCUT2D eigenvalue weighted by atomic mass is 9.87. The zero-order valence-electron chi connectivity index (χ0n) is 16.9. The van der Waals surface area contributed by atoms with Gasteiger partial charge in [0.2, 0.25) is 6.41 Å². The number of benzene rings is 1. The zero-order chi connectivity index (χ0) is 22.9. The molecule has 0 spiro atoms. The van der Waals surface area contributed by atoms with Crippen LogP contribution in [0.3, 0.4) is 0 Å². The second kappa shape index (κ2) is 8.33. The number of hydrogen-bond acceptors (Lipinski definition) is 5. The number of fused-ring (bicyclic) bond motifs is 1. The molecule has 1 aromatic carbocycles. The molecule has 1 amide bonds. The van der Waals surface area contributed by atoms with E-state index in [-0.39, 0.29) is 23.7 Å². The number of nitrogens with one attached hydrogen (secondary N) is 2. The maximum absolute atomic E-state index is 14.6. The molecule has 0 aliphatic heterocycles. The molecule has 2 atom stereocenters. The van der Waals surface area contributed by atoms with E-state index < -0.39 is 30.8 Å². The number of nitrogens with two attached hydrogens (primary N) is 1. The van der Waals surface area contributed by atoms with Gasteiger partial charge in [0.25, 0.3) is 5.92 Å². The molecule has 0 bridgehead atoms. The van der Waals surface area contributed by atoms with Gasteiger partial charge >= 0.3 is 0 Å². The van der Waals surface area contributed by atoms with E-state index >= 15 is 0 Å². The average molecular weight is 441 g/mol. The molecule has 1 fully saturated rings. The van der Waals surface area contributed by atoms with Crippen LogP contribution in [0.4, 0.5) is 8.78 Å². The van der Waals surface area contributed by atoms with Crippen LogP contribution in [-0.2, 0) is 4.79 Å². The topological polar surface area (TPSA) is 142 Å². The molecular formula is C21H21F2N7O2. The van der Waals surface area contributed by atoms with Crippen molar-refractivity contribution in [1.82, 2.24) is 19.9 Å². The number of halogens is 2. The quantitative estimate of drug-likeness (QED) is 0.264. The highest BCUT2D eigenvalue weighted by Crippen LogP contribution is 2.43. The van der Waals surface area contributed by atoms with E-state index in [9.17, 15) is 18.7 Å². The van der Waals surface area contributed by atoms with Crippen molar-refractivity contribution in [3.8, 4) is 17.1 Å². The number of pyridine rings is 1. The van der Waals surface area contributed by atoms with Gasteiger partial charge in [-0.25, -0.2) is 18.8 Å². The molecule has 166 valence electrons. The van der Waals surface area contributed by atoms with E-state index in [2.05, 4.69) is 20.3 Å². The van der Waals surface area contributed by atoms with Crippen molar-refractivity contribution >= 4 is 29.6 Å². The van der Waals surface area contributed by atoms with Crippen LogP contribution in [0.2, 0.25) is 0 Å². The van der Waals surface area contributed by atoms with Crippen LogP contribution in [0, 0.1) is 5.41 Å². The van der Waals surface area contributed by atoms with Crippen molar-refractivity contribution in [3.05, 3.63) is 42.2 Å². The number of imidazole rings is 1. The van der Waals surface area contributed by atoms with Crippen molar-refractivity contribution in [3.63, 3.8) is 0 Å². The summed E-state index contributed by atoms with van der Waals surface area (Å²) in [5.41, 5.74) is 7.40. The van der Waals surface area contributed by atoms with Crippen molar-refractivity contribution in [2.75, 3.05) is 0 Å². The minimum absolute atomic E-state index is 0.00627. The van der Waals surface area contributed by atoms with Gasteiger partial charge in [-0.2, -0.15) is 0 Å². The lowest BCUT2D eigenvalue weighted by Gasteiger charge is -2.36. The molecule has 1 aliphatic carbocycles. The van der Waals surface area contributed by atoms with E-state index in [4.69, 9.17) is 11.1 Å². The Labute approximate surface area is 181 Å². The summed E-state index contributed by atoms with van der Waals surface area (Å²) in [6.07, 6.45) is 1.99. The lowest BCUT2D eigenvalue weighted by Crippen LogP contribution is -2.42. The Morgan fingerprint density at radius 3 is 2.88 bits per heavy atom. The highest BCUT2D eigenvalue weighted by Gasteiger charge is 2.43. The van der Waals surface area contributed by atoms with E-state index in [1.165, 1.54) is 12.3 Å². The maximum Gasteiger partial charge on any atom is 0.252 e. The van der Waals surface area contributed by atoms with E-state index in [0.717, 1.165) is 6.34 Å². The lowest BCUT2D eigenvalue weighted by molar-refractivity contribution is -0.112. The van der Waals surface area contributed by atoms with Crippen LogP contribution in [0.1, 0.15) is 31.0 Å². The van der Waals surface area contributed by atoms with Gasteiger partial charge in [0.05, 0.1) is 17.3 Å². The Morgan fingerprint density at radius 2 is 2.16 bits per heavy atom. The molecule has 9 nitrogen and oxygen atoms in total. The first-order chi connectivity index (χ1) is 15.3. The molecular weight excluding hydrogens is 420 g/mol. The fourth-order valence-corrected chi connectivity index (χ4v) is 4.20. The number of hydrogen-bond donors (Lipinski definition) is 4. The number of nitrogens with zero attached hydrogens (tertiary/aromatic N) is 4. The number of rotatable bonds is 6. The number of amidine groups is 1. The van der Waals surface area contributed by atoms with Crippen LogP contribution < -0.4 is 11.1 Å². The Morgan fingerprint density at radius 1 is 1.38 bits per heavy atom. The predicted octanol–water partition coefficient (Wildman–Crippen LogP) is 2.59. The van der Waals surface area contributed by atoms with Crippen LogP contribution in [-0.4, -0.2) is 50.2 Å². The molecule has 1 aliphatic rings. The number of amides is 1. The summed E-state index contributed by atoms with van der Waals surface area (Å²) in [4.78, 5) is 23.4. The van der Waals surface area contributed by atoms with E-state index in [1.54, 1.807) is 28.8 Å². The summed E-state index contributed by atoms with van der Waals surface area (Å²) in [6.45, 7) is 0. The highest BCUT2D eigenvalue weighted by molar-refractivity contribution is 6.01. The number of phenols is 1. The first kappa shape index (κ1) is 21.3. The molecule has 2 aromatic heterocycles. The maximum atomic E-state index is 14.6. The van der Waals surface area contributed by atoms with Gasteiger partial charge in [-0.3, -0.25) is 15.2 Å². The van der Waals surface area contributed by atoms with Gasteiger partial charge in [-0.05, 0) is 24.6 Å². The Balaban J connectivity index is 1.94. The number of aromatic hydroxyl groups is 1. The summed E-state index contributed by atoms with van der Waals surface area (Å²) in [5, 5.41) is 20.0. The van der Waals surface area contributed by atoms with Crippen LogP contribution in [0.25, 0.3) is 22.4 Å². The minimum Gasteiger partial charge on any atom is -0.507 e. The third kappa shape index (κ3) is 4.01. The van der Waals surface area contributed by atoms with Crippen molar-refractivity contribution in [2.45, 2.75) is 37.3 Å². The van der Waals surface area contributed by atoms with Gasteiger partial charge in [0.15, 0.2) is 5.84 Å². The Kier molecular flexibility index (Phi) is 5.56. The third-order valence-electron chi connectivity index (χ3n) is 5.49. The molecule has 3 aromatic rings. The third-order valence-corrected chi connectivity index (χ3v) is 5.49. The summed E-state index contributed by atoms with van der Waals surface area (Å²) in [7, 11) is 0. The fourth-order valence-electron chi connectivity index (χ4n) is 4.20. The number of para-hydroxylation sites is 1. The monoisotopic (exact) mass is 441 g/mol. The van der Waals surface area contributed by atoms with Gasteiger partial charge < -0.3 is 20.7 Å². The SMILES string of the molecule is N=CN=C(N)c1cc2c(cn1)nc(-c1ccccc1O)n2C1CC(NC=O)CC(F)(F)C1. The first-order valence-electron chi connectivity index (χ1n) is 9.89. The molecule has 4 rings (SSSR count). The smallest absolute Gasteiger partial charge is 0.252 e. The number of aliphatic imine (C=N–C) groups is 1. The molecule has 5 N–H and O–H groups in total. The number of carbonyl (C=O) groups is 1. The number of aromatic nitrogens is 3. The molecule has 1 saturated carbocycles. The summed E-state index contributed by atoms with van der Waals surface area (Å²) in [6, 6.07) is 6.62. The normalized spacial score (nSPS) is 20.8. The standard InChI is InChI=1S/C21H21F2N7O2/c22-21(23)7-12(28-11-31)5-13(8-21)30-17-6-15(19(25)27-10-24)26-9-16(17)29-20(30)14-3-1-2-4-18(14)32/h1-4,6,9-13,32H,5,7-8H2,(H,28,31)(H3,24,25,27). The van der Waals surface area contributed by atoms with Crippen molar-refractivity contribution in [1.29, 1.82) is 5.41 Å². The van der Waals surface area contributed by atoms with Gasteiger partial charge in [-0.15, -0.1) is 0 Å². The highest BCUT2D eigenvalue weighted by atomic mass is 19.3. The van der Waals surface area contributed by atoms with Gasteiger partial charge in [-0.1, -0.05) is 12.1 Å². The molecule has 2 heterocycles. The van der Waals surface area contributed by atoms with Crippen molar-refractivity contribution < 1.29 is 18.7 Å². The second-order valence-corrected chi connectivity index (χ2v) is 7.66. The van der Waals surface area contributed by atoms with Crippen LogP contribution >= 0.6 is 0 Å². The molecule has 0 radical (unpaired) electrons. The van der Waals surface area contributed by atoms with E-state index in [1.807, 2.05) is 0 Å². The largest absolute Gasteiger partial charge is 0.507 e. The van der Waals surface area contributed by atoms with Crippen molar-refractivity contribution in [2.24, 2.45) is 10.7 Å². The van der Waals surface area contributed by atoms with Gasteiger partial charge in [0, 0.05) is 24.9 Å². The molecule has 0 saturated heterocycles. The molecule has 32 heavy (non-hydrogen) atoms. The Hall–Kier alpha value is -3.89. The number of phenolic OH excluding ortho intramolecular Hbond substituents is 1. The Bertz CT molecular complexity index is 1210. The summed E-state index contributed by atoms with van der Waals surface area (Å²) < 4.78 is 30.9. The number of alkyl halides is 2. The van der Waals surface area contributed by atoms with Crippen LogP contribution in [0.15, 0.2) is 41.5 Å². The first-order valence-corrected chi connectivity index (χ1v) is 9.89. The van der Waals surface area contributed by atoms with E-state index in [0.29, 0.717) is 28.8 Å². The predicted molar refractivity (Wildman–Crippen MR) is 115 cm³/mol.